The van der Waals surface area contributed by atoms with Crippen molar-refractivity contribution < 1.29 is 28.1 Å². The number of carbonyl (C=O) groups is 1. The first-order valence-electron chi connectivity index (χ1n) is 9.82. The van der Waals surface area contributed by atoms with Crippen molar-refractivity contribution in [1.29, 1.82) is 0 Å². The van der Waals surface area contributed by atoms with Gasteiger partial charge in [-0.15, -0.1) is 0 Å². The molecule has 0 saturated carbocycles. The molecule has 0 radical (unpaired) electrons. The molecule has 0 fully saturated rings. The van der Waals surface area contributed by atoms with Gasteiger partial charge in [0.15, 0.2) is 17.5 Å². The summed E-state index contributed by atoms with van der Waals surface area (Å²) in [5.41, 5.74) is 0.614. The van der Waals surface area contributed by atoms with Gasteiger partial charge in [0.25, 0.3) is 0 Å². The monoisotopic (exact) mass is 403 g/mol. The number of hydrogen-bond acceptors (Lipinski definition) is 7. The number of fused-ring (bicyclic) bond motifs is 1. The maximum absolute atomic E-state index is 11.5. The van der Waals surface area contributed by atoms with Gasteiger partial charge in [0.05, 0.1) is 13.2 Å². The fourth-order valence-electron chi connectivity index (χ4n) is 2.95. The first kappa shape index (κ1) is 23.9. The van der Waals surface area contributed by atoms with Crippen molar-refractivity contribution in [3.63, 3.8) is 0 Å². The van der Waals surface area contributed by atoms with E-state index in [1.807, 2.05) is 47.6 Å². The van der Waals surface area contributed by atoms with Gasteiger partial charge in [-0.2, -0.15) is 0 Å². The molecule has 0 saturated heterocycles. The molecule has 27 heavy (non-hydrogen) atoms. The molecule has 0 aliphatic carbocycles. The lowest BCUT2D eigenvalue weighted by molar-refractivity contribution is -0.155. The Labute approximate surface area is 164 Å². The minimum Gasteiger partial charge on any atom is -0.479 e. The Bertz CT molecular complexity index is 518. The van der Waals surface area contributed by atoms with Crippen LogP contribution in [-0.4, -0.2) is 49.4 Å². The number of hydrogen-bond donors (Lipinski definition) is 0. The molecule has 4 atom stereocenters. The second-order valence-electron chi connectivity index (χ2n) is 5.84. The van der Waals surface area contributed by atoms with Crippen LogP contribution >= 0.6 is 8.38 Å². The molecule has 7 nitrogen and oxygen atoms in total. The van der Waals surface area contributed by atoms with E-state index < -0.39 is 20.6 Å². The number of ether oxygens (including phenoxy) is 3. The molecule has 4 unspecified atom stereocenters. The summed E-state index contributed by atoms with van der Waals surface area (Å²) in [6.07, 6.45) is 2.37. The Morgan fingerprint density at radius 2 is 1.85 bits per heavy atom. The van der Waals surface area contributed by atoms with Crippen LogP contribution in [0.3, 0.4) is 0 Å². The summed E-state index contributed by atoms with van der Waals surface area (Å²) < 4.78 is 29.0. The number of rotatable bonds is 9. The summed E-state index contributed by atoms with van der Waals surface area (Å²) >= 11 is 0. The summed E-state index contributed by atoms with van der Waals surface area (Å²) in [6.45, 7) is 14.1. The Kier molecular flexibility index (Phi) is 10.9. The van der Waals surface area contributed by atoms with Gasteiger partial charge in [-0.05, 0) is 20.3 Å². The van der Waals surface area contributed by atoms with Crippen LogP contribution in [0, 0.1) is 0 Å². The van der Waals surface area contributed by atoms with Gasteiger partial charge in [0.1, 0.15) is 18.2 Å². The first-order valence-corrected chi connectivity index (χ1v) is 11.0. The largest absolute Gasteiger partial charge is 0.479 e. The van der Waals surface area contributed by atoms with Crippen molar-refractivity contribution in [2.45, 2.75) is 85.7 Å². The Hall–Kier alpha value is -1.17. The minimum absolute atomic E-state index is 0.236. The average molecular weight is 403 g/mol. The molecule has 0 spiro atoms. The van der Waals surface area contributed by atoms with E-state index in [0.29, 0.717) is 31.0 Å². The van der Waals surface area contributed by atoms with Gasteiger partial charge in [-0.3, -0.25) is 4.79 Å². The van der Waals surface area contributed by atoms with E-state index >= 15 is 0 Å². The normalized spacial score (nSPS) is 24.5. The third-order valence-corrected chi connectivity index (χ3v) is 5.40. The molecular formula is C19H34NO6P. The summed E-state index contributed by atoms with van der Waals surface area (Å²) in [5, 5.41) is 0. The number of nitrogens with zero attached hydrogens (tertiary/aromatic N) is 1. The van der Waals surface area contributed by atoms with Crippen LogP contribution in [0.1, 0.15) is 61.3 Å². The molecule has 0 aromatic carbocycles. The molecule has 0 amide bonds. The molecule has 0 aromatic rings. The van der Waals surface area contributed by atoms with Crippen molar-refractivity contribution in [1.82, 2.24) is 0 Å². The summed E-state index contributed by atoms with van der Waals surface area (Å²) in [6, 6.07) is -0.236. The van der Waals surface area contributed by atoms with Crippen molar-refractivity contribution in [2.75, 3.05) is 13.2 Å². The van der Waals surface area contributed by atoms with Gasteiger partial charge in [0.2, 0.25) is 8.38 Å². The van der Waals surface area contributed by atoms with Crippen molar-refractivity contribution in [3.8, 4) is 0 Å². The smallest absolute Gasteiger partial charge is 0.303 e. The second-order valence-corrected chi connectivity index (χ2v) is 7.31. The van der Waals surface area contributed by atoms with Crippen molar-refractivity contribution >= 4 is 20.2 Å². The minimum atomic E-state index is -1.33. The SMILES string of the molecule is CC.CCCC(OC(C)=O)C1OC(P(OCC)OCC)=CC2OC(C)=NC21. The van der Waals surface area contributed by atoms with Crippen LogP contribution < -0.4 is 0 Å². The maximum Gasteiger partial charge on any atom is 0.303 e. The Balaban J connectivity index is 0.00000176. The summed E-state index contributed by atoms with van der Waals surface area (Å²) in [7, 11) is -1.33. The van der Waals surface area contributed by atoms with Gasteiger partial charge in [-0.25, -0.2) is 4.99 Å². The third-order valence-electron chi connectivity index (χ3n) is 3.80. The highest BCUT2D eigenvalue weighted by Crippen LogP contribution is 2.51. The molecule has 2 aliphatic heterocycles. The van der Waals surface area contributed by atoms with Crippen molar-refractivity contribution in [2.24, 2.45) is 4.99 Å². The van der Waals surface area contributed by atoms with E-state index in [9.17, 15) is 4.79 Å². The van der Waals surface area contributed by atoms with E-state index in [1.165, 1.54) is 6.92 Å². The van der Waals surface area contributed by atoms with E-state index in [4.69, 9.17) is 23.3 Å². The van der Waals surface area contributed by atoms with E-state index in [2.05, 4.69) is 4.99 Å². The van der Waals surface area contributed by atoms with Crippen LogP contribution in [0.5, 0.6) is 0 Å². The van der Waals surface area contributed by atoms with Gasteiger partial charge in [-0.1, -0.05) is 27.2 Å². The number of carbonyl (C=O) groups excluding carboxylic acids is 1. The molecule has 0 aromatic heterocycles. The second kappa shape index (κ2) is 12.3. The van der Waals surface area contributed by atoms with Gasteiger partial charge >= 0.3 is 5.97 Å². The lowest BCUT2D eigenvalue weighted by Crippen LogP contribution is -2.47. The molecule has 2 aliphatic rings. The quantitative estimate of drug-likeness (QED) is 0.415. The highest BCUT2D eigenvalue weighted by molar-refractivity contribution is 7.51. The maximum atomic E-state index is 11.5. The average Bonchev–Trinajstić information content (AvgIpc) is 3.01. The molecule has 2 heterocycles. The topological polar surface area (TPSA) is 75.6 Å². The standard InChI is InChI=1S/C17H28NO6P.C2H6/c1-6-9-13(23-12(5)19)17-16-14(22-11(4)18-16)10-15(24-17)25(20-7-2)21-8-3;1-2/h10,13-14,16-17H,6-9H2,1-5H3;1-2H3. The molecule has 0 N–H and O–H groups in total. The van der Waals surface area contributed by atoms with E-state index in [-0.39, 0.29) is 18.1 Å². The zero-order chi connectivity index (χ0) is 20.4. The Morgan fingerprint density at radius 3 is 2.37 bits per heavy atom. The zero-order valence-electron chi connectivity index (χ0n) is 17.6. The molecular weight excluding hydrogens is 369 g/mol. The predicted octanol–water partition coefficient (Wildman–Crippen LogP) is 4.56. The third kappa shape index (κ3) is 6.74. The van der Waals surface area contributed by atoms with E-state index in [0.717, 1.165) is 6.42 Å². The zero-order valence-corrected chi connectivity index (χ0v) is 18.5. The lowest BCUT2D eigenvalue weighted by atomic mass is 9.96. The van der Waals surface area contributed by atoms with Gasteiger partial charge < -0.3 is 23.3 Å². The first-order chi connectivity index (χ1) is 13.0. The van der Waals surface area contributed by atoms with Gasteiger partial charge in [0, 0.05) is 19.9 Å². The molecule has 156 valence electrons. The fourth-order valence-corrected chi connectivity index (χ4v) is 4.22. The van der Waals surface area contributed by atoms with Crippen molar-refractivity contribution in [3.05, 3.63) is 11.6 Å². The van der Waals surface area contributed by atoms with E-state index in [1.54, 1.807) is 0 Å². The predicted molar refractivity (Wildman–Crippen MR) is 107 cm³/mol. The highest BCUT2D eigenvalue weighted by Gasteiger charge is 2.46. The van der Waals surface area contributed by atoms with Crippen LogP contribution in [-0.2, 0) is 28.1 Å². The van der Waals surface area contributed by atoms with Crippen LogP contribution in [0.4, 0.5) is 0 Å². The lowest BCUT2D eigenvalue weighted by Gasteiger charge is -2.36. The molecule has 2 rings (SSSR count). The molecule has 0 bridgehead atoms. The number of aliphatic imine (C=N–C) groups is 1. The highest BCUT2D eigenvalue weighted by atomic mass is 31.2. The summed E-state index contributed by atoms with van der Waals surface area (Å²) in [5.74, 6) is 0.280. The molecule has 8 heteroatoms. The van der Waals surface area contributed by atoms with Crippen LogP contribution in [0.2, 0.25) is 0 Å². The Morgan fingerprint density at radius 1 is 1.22 bits per heavy atom. The van der Waals surface area contributed by atoms with Crippen LogP contribution in [0.15, 0.2) is 16.6 Å². The van der Waals surface area contributed by atoms with Crippen LogP contribution in [0.25, 0.3) is 0 Å². The number of esters is 1. The summed E-state index contributed by atoms with van der Waals surface area (Å²) in [4.78, 5) is 16.1. The fraction of sp³-hybridized carbons (Fsp3) is 0.789.